The van der Waals surface area contributed by atoms with Gasteiger partial charge in [0.2, 0.25) is 0 Å². The Morgan fingerprint density at radius 2 is 2.07 bits per heavy atom. The second-order valence-corrected chi connectivity index (χ2v) is 11.1. The Morgan fingerprint density at radius 1 is 1.32 bits per heavy atom. The van der Waals surface area contributed by atoms with Crippen LogP contribution in [0.2, 0.25) is 0 Å². The number of rotatable bonds is 5. The number of hydrogen-bond acceptors (Lipinski definition) is 5. The van der Waals surface area contributed by atoms with Gasteiger partial charge in [0.05, 0.1) is 16.2 Å². The van der Waals surface area contributed by atoms with E-state index in [0.717, 1.165) is 35.2 Å². The van der Waals surface area contributed by atoms with Gasteiger partial charge < -0.3 is 10.2 Å². The van der Waals surface area contributed by atoms with Crippen molar-refractivity contribution in [1.82, 2.24) is 15.2 Å². The van der Waals surface area contributed by atoms with Gasteiger partial charge in [-0.25, -0.2) is 13.4 Å². The number of nitrogens with one attached hydrogen (secondary N) is 1. The van der Waals surface area contributed by atoms with Crippen molar-refractivity contribution >= 4 is 27.1 Å². The van der Waals surface area contributed by atoms with Crippen LogP contribution in [-0.2, 0) is 16.3 Å². The lowest BCUT2D eigenvalue weighted by atomic mass is 10.2. The monoisotopic (exact) mass is 420 g/mol. The molecule has 0 amide bonds. The highest BCUT2D eigenvalue weighted by atomic mass is 32.2. The third kappa shape index (κ3) is 4.72. The van der Waals surface area contributed by atoms with Gasteiger partial charge in [0, 0.05) is 43.5 Å². The number of hydrogen-bond donors (Lipinski definition) is 1. The molecule has 6 nitrogen and oxygen atoms in total. The van der Waals surface area contributed by atoms with E-state index in [1.165, 1.54) is 0 Å². The predicted octanol–water partition coefficient (Wildman–Crippen LogP) is 2.83. The SMILES string of the molecule is CCNC(=NCCc1csc(-c2ccccc2)n1)N1CCS(=O)(=O)C(C)(C)C1. The average molecular weight is 421 g/mol. The average Bonchev–Trinajstić information content (AvgIpc) is 3.13. The molecule has 1 aliphatic heterocycles. The minimum atomic E-state index is -3.06. The van der Waals surface area contributed by atoms with Crippen LogP contribution in [0, 0.1) is 0 Å². The molecular weight excluding hydrogens is 392 g/mol. The zero-order valence-electron chi connectivity index (χ0n) is 16.7. The van der Waals surface area contributed by atoms with E-state index in [-0.39, 0.29) is 5.75 Å². The molecule has 1 fully saturated rings. The van der Waals surface area contributed by atoms with E-state index in [2.05, 4.69) is 27.7 Å². The highest BCUT2D eigenvalue weighted by Crippen LogP contribution is 2.24. The summed E-state index contributed by atoms with van der Waals surface area (Å²) in [6.45, 7) is 7.90. The molecule has 0 radical (unpaired) electrons. The van der Waals surface area contributed by atoms with Crippen LogP contribution in [0.3, 0.4) is 0 Å². The van der Waals surface area contributed by atoms with Gasteiger partial charge in [-0.2, -0.15) is 0 Å². The van der Waals surface area contributed by atoms with Crippen LogP contribution in [0.4, 0.5) is 0 Å². The maximum atomic E-state index is 12.3. The number of benzene rings is 1. The topological polar surface area (TPSA) is 74.7 Å². The summed E-state index contributed by atoms with van der Waals surface area (Å²) in [4.78, 5) is 11.5. The first kappa shape index (κ1) is 20.8. The number of nitrogens with zero attached hydrogens (tertiary/aromatic N) is 3. The molecule has 0 spiro atoms. The zero-order chi connectivity index (χ0) is 20.2. The maximum Gasteiger partial charge on any atom is 0.194 e. The van der Waals surface area contributed by atoms with Crippen molar-refractivity contribution in [1.29, 1.82) is 0 Å². The summed E-state index contributed by atoms with van der Waals surface area (Å²) in [6, 6.07) is 10.2. The number of aliphatic imine (C=N–C) groups is 1. The summed E-state index contributed by atoms with van der Waals surface area (Å²) in [7, 11) is -3.06. The van der Waals surface area contributed by atoms with Crippen LogP contribution in [0.15, 0.2) is 40.7 Å². The molecular formula is C20H28N4O2S2. The molecule has 1 aromatic carbocycles. The van der Waals surface area contributed by atoms with Crippen molar-refractivity contribution in [3.05, 3.63) is 41.4 Å². The van der Waals surface area contributed by atoms with Gasteiger partial charge in [0.15, 0.2) is 15.8 Å². The number of sulfone groups is 1. The zero-order valence-corrected chi connectivity index (χ0v) is 18.3. The quantitative estimate of drug-likeness (QED) is 0.595. The van der Waals surface area contributed by atoms with E-state index in [4.69, 9.17) is 9.98 Å². The molecule has 0 aliphatic carbocycles. The highest BCUT2D eigenvalue weighted by molar-refractivity contribution is 7.92. The molecule has 1 aromatic heterocycles. The Kier molecular flexibility index (Phi) is 6.40. The first-order valence-electron chi connectivity index (χ1n) is 9.58. The van der Waals surface area contributed by atoms with Crippen LogP contribution < -0.4 is 5.32 Å². The van der Waals surface area contributed by atoms with Gasteiger partial charge in [-0.1, -0.05) is 30.3 Å². The lowest BCUT2D eigenvalue weighted by molar-refractivity contribution is 0.353. The maximum absolute atomic E-state index is 12.3. The molecule has 0 bridgehead atoms. The second kappa shape index (κ2) is 8.61. The smallest absolute Gasteiger partial charge is 0.194 e. The highest BCUT2D eigenvalue weighted by Gasteiger charge is 2.40. The standard InChI is InChI=1S/C20H28N4O2S2/c1-4-21-19(24-12-13-28(25,26)20(2,3)15-24)22-11-10-17-14-27-18(23-17)16-8-6-5-7-9-16/h5-9,14H,4,10-13,15H2,1-3H3,(H,21,22). The summed E-state index contributed by atoms with van der Waals surface area (Å²) in [6.07, 6.45) is 0.758. The minimum absolute atomic E-state index is 0.164. The van der Waals surface area contributed by atoms with Gasteiger partial charge >= 0.3 is 0 Å². The van der Waals surface area contributed by atoms with E-state index in [0.29, 0.717) is 19.6 Å². The largest absolute Gasteiger partial charge is 0.357 e. The molecule has 1 N–H and O–H groups in total. The van der Waals surface area contributed by atoms with Gasteiger partial charge in [-0.3, -0.25) is 4.99 Å². The van der Waals surface area contributed by atoms with Crippen LogP contribution in [0.5, 0.6) is 0 Å². The molecule has 1 aliphatic rings. The summed E-state index contributed by atoms with van der Waals surface area (Å²) in [5, 5.41) is 6.41. The van der Waals surface area contributed by atoms with E-state index in [1.54, 1.807) is 25.2 Å². The molecule has 3 rings (SSSR count). The summed E-state index contributed by atoms with van der Waals surface area (Å²) < 4.78 is 23.7. The molecule has 2 heterocycles. The molecule has 0 atom stereocenters. The van der Waals surface area contributed by atoms with Crippen LogP contribution in [0.1, 0.15) is 26.5 Å². The second-order valence-electron chi connectivity index (χ2n) is 7.50. The number of aromatic nitrogens is 1. The van der Waals surface area contributed by atoms with Crippen molar-refractivity contribution in [3.63, 3.8) is 0 Å². The lowest BCUT2D eigenvalue weighted by Gasteiger charge is -2.39. The lowest BCUT2D eigenvalue weighted by Crippen LogP contribution is -2.57. The molecule has 152 valence electrons. The van der Waals surface area contributed by atoms with Gasteiger partial charge in [0.25, 0.3) is 0 Å². The Labute approximate surface area is 171 Å². The van der Waals surface area contributed by atoms with E-state index in [9.17, 15) is 8.42 Å². The molecule has 28 heavy (non-hydrogen) atoms. The van der Waals surface area contributed by atoms with Crippen LogP contribution in [0.25, 0.3) is 10.6 Å². The molecule has 0 saturated carbocycles. The van der Waals surface area contributed by atoms with Gasteiger partial charge in [0.1, 0.15) is 5.01 Å². The molecule has 1 saturated heterocycles. The Bertz CT molecular complexity index is 921. The van der Waals surface area contributed by atoms with Gasteiger partial charge in [-0.15, -0.1) is 11.3 Å². The minimum Gasteiger partial charge on any atom is -0.357 e. The van der Waals surface area contributed by atoms with Crippen molar-refractivity contribution in [2.45, 2.75) is 31.9 Å². The van der Waals surface area contributed by atoms with Crippen LogP contribution >= 0.6 is 11.3 Å². The van der Waals surface area contributed by atoms with Gasteiger partial charge in [-0.05, 0) is 20.8 Å². The Hall–Kier alpha value is -1.93. The van der Waals surface area contributed by atoms with E-state index < -0.39 is 14.6 Å². The van der Waals surface area contributed by atoms with Crippen molar-refractivity contribution < 1.29 is 8.42 Å². The fourth-order valence-electron chi connectivity index (χ4n) is 3.16. The third-order valence-electron chi connectivity index (χ3n) is 4.88. The summed E-state index contributed by atoms with van der Waals surface area (Å²) in [5.74, 6) is 0.945. The molecule has 2 aromatic rings. The fraction of sp³-hybridized carbons (Fsp3) is 0.500. The first-order chi connectivity index (χ1) is 13.3. The Morgan fingerprint density at radius 3 is 2.75 bits per heavy atom. The summed E-state index contributed by atoms with van der Waals surface area (Å²) in [5.41, 5.74) is 2.16. The summed E-state index contributed by atoms with van der Waals surface area (Å²) >= 11 is 1.65. The first-order valence-corrected chi connectivity index (χ1v) is 12.1. The van der Waals surface area contributed by atoms with Crippen molar-refractivity contribution in [3.8, 4) is 10.6 Å². The molecule has 0 unspecified atom stereocenters. The normalized spacial score (nSPS) is 18.8. The van der Waals surface area contributed by atoms with E-state index in [1.807, 2.05) is 25.1 Å². The van der Waals surface area contributed by atoms with Crippen molar-refractivity contribution in [2.75, 3.05) is 31.9 Å². The van der Waals surface area contributed by atoms with E-state index >= 15 is 0 Å². The molecule has 8 heteroatoms. The van der Waals surface area contributed by atoms with Crippen molar-refractivity contribution in [2.24, 2.45) is 4.99 Å². The number of thiazole rings is 1. The van der Waals surface area contributed by atoms with Crippen LogP contribution in [-0.4, -0.2) is 60.9 Å². The predicted molar refractivity (Wildman–Crippen MR) is 117 cm³/mol. The third-order valence-corrected chi connectivity index (χ3v) is 8.35. The fourth-order valence-corrected chi connectivity index (χ4v) is 5.39. The Balaban J connectivity index is 1.65. The number of guanidine groups is 1.